The molecule has 0 aliphatic rings. The van der Waals surface area contributed by atoms with Gasteiger partial charge in [-0.05, 0) is 43.4 Å². The number of nitrogens with two attached hydrogens (primary N) is 1. The van der Waals surface area contributed by atoms with Crippen LogP contribution in [0.4, 0.5) is 5.82 Å². The molecular formula is C19H28N2O. The van der Waals surface area contributed by atoms with Crippen LogP contribution in [0.25, 0.3) is 10.9 Å². The highest BCUT2D eigenvalue weighted by atomic mass is 16.5. The van der Waals surface area contributed by atoms with E-state index in [2.05, 4.69) is 25.8 Å². The van der Waals surface area contributed by atoms with Gasteiger partial charge in [0.15, 0.2) is 0 Å². The molecule has 0 fully saturated rings. The van der Waals surface area contributed by atoms with Gasteiger partial charge in [-0.1, -0.05) is 45.7 Å². The lowest BCUT2D eigenvalue weighted by molar-refractivity contribution is 0.176. The van der Waals surface area contributed by atoms with Crippen LogP contribution in [0.5, 0.6) is 5.75 Å². The Hall–Kier alpha value is -1.77. The number of fused-ring (bicyclic) bond motifs is 1. The summed E-state index contributed by atoms with van der Waals surface area (Å²) in [5, 5.41) is 1.07. The lowest BCUT2D eigenvalue weighted by atomic mass is 9.95. The molecule has 120 valence electrons. The first-order valence-electron chi connectivity index (χ1n) is 8.49. The third kappa shape index (κ3) is 4.12. The summed E-state index contributed by atoms with van der Waals surface area (Å²) < 4.78 is 6.25. The van der Waals surface area contributed by atoms with Gasteiger partial charge in [0, 0.05) is 5.39 Å². The third-order valence-corrected chi connectivity index (χ3v) is 4.51. The highest BCUT2D eigenvalue weighted by molar-refractivity contribution is 5.85. The molecule has 0 radical (unpaired) electrons. The first kappa shape index (κ1) is 16.6. The number of benzene rings is 1. The average molecular weight is 300 g/mol. The van der Waals surface area contributed by atoms with Crippen molar-refractivity contribution >= 4 is 16.7 Å². The lowest BCUT2D eigenvalue weighted by Crippen LogP contribution is -2.17. The minimum Gasteiger partial charge on any atom is -0.488 e. The number of ether oxygens (including phenoxy) is 1. The highest BCUT2D eigenvalue weighted by Crippen LogP contribution is 2.27. The number of nitrogen functional groups attached to an aromatic ring is 1. The van der Waals surface area contributed by atoms with Crippen molar-refractivity contribution in [3.8, 4) is 5.75 Å². The molecule has 0 saturated heterocycles. The zero-order chi connectivity index (χ0) is 15.9. The fraction of sp³-hybridized carbons (Fsp3) is 0.526. The zero-order valence-electron chi connectivity index (χ0n) is 14.0. The first-order chi connectivity index (χ1) is 10.7. The van der Waals surface area contributed by atoms with Crippen molar-refractivity contribution in [3.05, 3.63) is 30.3 Å². The first-order valence-corrected chi connectivity index (χ1v) is 8.49. The molecule has 2 aromatic rings. The van der Waals surface area contributed by atoms with Crippen LogP contribution in [0, 0.1) is 5.92 Å². The fourth-order valence-corrected chi connectivity index (χ4v) is 2.87. The van der Waals surface area contributed by atoms with E-state index in [0.29, 0.717) is 5.82 Å². The summed E-state index contributed by atoms with van der Waals surface area (Å²) in [4.78, 5) is 4.44. The van der Waals surface area contributed by atoms with Gasteiger partial charge in [0.2, 0.25) is 0 Å². The number of rotatable bonds is 8. The number of pyridine rings is 1. The summed E-state index contributed by atoms with van der Waals surface area (Å²) in [6, 6.07) is 9.88. The van der Waals surface area contributed by atoms with Crippen molar-refractivity contribution in [1.82, 2.24) is 4.98 Å². The van der Waals surface area contributed by atoms with Crippen LogP contribution in [0.2, 0.25) is 0 Å². The van der Waals surface area contributed by atoms with E-state index in [0.717, 1.165) is 35.4 Å². The normalized spacial score (nSPS) is 12.7. The van der Waals surface area contributed by atoms with Gasteiger partial charge < -0.3 is 10.5 Å². The van der Waals surface area contributed by atoms with Crippen LogP contribution in [-0.4, -0.2) is 11.1 Å². The number of nitrogens with zero attached hydrogens (tertiary/aromatic N) is 1. The summed E-state index contributed by atoms with van der Waals surface area (Å²) in [7, 11) is 0. The van der Waals surface area contributed by atoms with Gasteiger partial charge in [-0.2, -0.15) is 0 Å². The van der Waals surface area contributed by atoms with Gasteiger partial charge in [-0.3, -0.25) is 0 Å². The highest BCUT2D eigenvalue weighted by Gasteiger charge is 2.13. The Balaban J connectivity index is 2.12. The summed E-state index contributed by atoms with van der Waals surface area (Å²) in [6.45, 7) is 6.73. The molecule has 1 aromatic carbocycles. The molecule has 0 saturated carbocycles. The van der Waals surface area contributed by atoms with Crippen molar-refractivity contribution in [2.45, 2.75) is 59.0 Å². The van der Waals surface area contributed by atoms with Crippen molar-refractivity contribution < 1.29 is 4.74 Å². The standard InChI is InChI=1S/C19H28N2O/c1-4-14(5-2)10-12-16(6-3)22-17-9-7-8-15-11-13-18(20)21-19(15)17/h7-9,11,13-14,16H,4-6,10,12H2,1-3H3,(H2,20,21). The maximum atomic E-state index is 6.25. The fourth-order valence-electron chi connectivity index (χ4n) is 2.87. The van der Waals surface area contributed by atoms with Crippen LogP contribution in [0.3, 0.4) is 0 Å². The predicted octanol–water partition coefficient (Wildman–Crippen LogP) is 5.19. The molecule has 2 N–H and O–H groups in total. The molecule has 0 aliphatic heterocycles. The Labute approximate surface area is 133 Å². The molecule has 1 atom stereocenters. The molecule has 3 nitrogen and oxygen atoms in total. The molecule has 2 rings (SSSR count). The Morgan fingerprint density at radius 1 is 1.00 bits per heavy atom. The molecule has 1 unspecified atom stereocenters. The molecule has 0 bridgehead atoms. The average Bonchev–Trinajstić information content (AvgIpc) is 2.55. The van der Waals surface area contributed by atoms with Gasteiger partial charge >= 0.3 is 0 Å². The summed E-state index contributed by atoms with van der Waals surface area (Å²) >= 11 is 0. The largest absolute Gasteiger partial charge is 0.488 e. The van der Waals surface area contributed by atoms with E-state index in [4.69, 9.17) is 10.5 Å². The van der Waals surface area contributed by atoms with E-state index in [1.54, 1.807) is 0 Å². The van der Waals surface area contributed by atoms with Gasteiger partial charge in [0.25, 0.3) is 0 Å². The summed E-state index contributed by atoms with van der Waals surface area (Å²) in [6.07, 6.45) is 6.08. The van der Waals surface area contributed by atoms with Crippen LogP contribution in [0.15, 0.2) is 30.3 Å². The quantitative estimate of drug-likeness (QED) is 0.729. The van der Waals surface area contributed by atoms with Gasteiger partial charge in [-0.25, -0.2) is 4.98 Å². The Morgan fingerprint density at radius 2 is 1.77 bits per heavy atom. The van der Waals surface area contributed by atoms with E-state index < -0.39 is 0 Å². The number of anilines is 1. The van der Waals surface area contributed by atoms with Gasteiger partial charge in [0.05, 0.1) is 6.10 Å². The van der Waals surface area contributed by atoms with Gasteiger partial charge in [-0.15, -0.1) is 0 Å². The van der Waals surface area contributed by atoms with E-state index in [1.165, 1.54) is 19.3 Å². The molecule has 0 amide bonds. The molecule has 3 heteroatoms. The van der Waals surface area contributed by atoms with E-state index in [1.807, 2.05) is 30.3 Å². The number of hydrogen-bond donors (Lipinski definition) is 1. The maximum absolute atomic E-state index is 6.25. The minimum absolute atomic E-state index is 0.245. The Morgan fingerprint density at radius 3 is 2.45 bits per heavy atom. The van der Waals surface area contributed by atoms with E-state index in [-0.39, 0.29) is 6.10 Å². The maximum Gasteiger partial charge on any atom is 0.146 e. The molecule has 1 aromatic heterocycles. The topological polar surface area (TPSA) is 48.1 Å². The lowest BCUT2D eigenvalue weighted by Gasteiger charge is -2.21. The van der Waals surface area contributed by atoms with E-state index >= 15 is 0 Å². The molecule has 0 spiro atoms. The van der Waals surface area contributed by atoms with Crippen molar-refractivity contribution in [3.63, 3.8) is 0 Å². The Kier molecular flexibility index (Phi) is 6.05. The minimum atomic E-state index is 0.245. The predicted molar refractivity (Wildman–Crippen MR) is 94.2 cm³/mol. The van der Waals surface area contributed by atoms with Crippen LogP contribution in [0.1, 0.15) is 52.9 Å². The van der Waals surface area contributed by atoms with Crippen LogP contribution >= 0.6 is 0 Å². The number of para-hydroxylation sites is 1. The molecule has 1 heterocycles. The summed E-state index contributed by atoms with van der Waals surface area (Å²) in [5.74, 6) is 2.19. The summed E-state index contributed by atoms with van der Waals surface area (Å²) in [5.41, 5.74) is 6.69. The third-order valence-electron chi connectivity index (χ3n) is 4.51. The second-order valence-electron chi connectivity index (χ2n) is 5.97. The zero-order valence-corrected chi connectivity index (χ0v) is 14.0. The van der Waals surface area contributed by atoms with Crippen molar-refractivity contribution in [1.29, 1.82) is 0 Å². The number of aromatic nitrogens is 1. The number of hydrogen-bond acceptors (Lipinski definition) is 3. The smallest absolute Gasteiger partial charge is 0.146 e. The molecule has 0 aliphatic carbocycles. The van der Waals surface area contributed by atoms with Crippen LogP contribution in [-0.2, 0) is 0 Å². The Bertz CT molecular complexity index is 593. The van der Waals surface area contributed by atoms with Crippen LogP contribution < -0.4 is 10.5 Å². The van der Waals surface area contributed by atoms with E-state index in [9.17, 15) is 0 Å². The second-order valence-corrected chi connectivity index (χ2v) is 5.97. The SMILES string of the molecule is CCC(CC)CCC(CC)Oc1cccc2ccc(N)nc12. The molecular weight excluding hydrogens is 272 g/mol. The van der Waals surface area contributed by atoms with Crippen molar-refractivity contribution in [2.24, 2.45) is 5.92 Å². The van der Waals surface area contributed by atoms with Gasteiger partial charge in [0.1, 0.15) is 17.1 Å². The monoisotopic (exact) mass is 300 g/mol. The second kappa shape index (κ2) is 8.02. The van der Waals surface area contributed by atoms with Crippen molar-refractivity contribution in [2.75, 3.05) is 5.73 Å². The molecule has 22 heavy (non-hydrogen) atoms.